The lowest BCUT2D eigenvalue weighted by molar-refractivity contribution is 0.340. The number of hydrogen-bond acceptors (Lipinski definition) is 5. The molecule has 4 aromatic rings. The smallest absolute Gasteiger partial charge is 0.265 e. The average molecular weight is 399 g/mol. The second-order valence-corrected chi connectivity index (χ2v) is 6.80. The first-order valence-electron chi connectivity index (χ1n) is 9.65. The molecule has 150 valence electrons. The van der Waals surface area contributed by atoms with Crippen LogP contribution in [0.3, 0.4) is 0 Å². The van der Waals surface area contributed by atoms with E-state index in [1.807, 2.05) is 26.0 Å². The number of nitrogens with zero attached hydrogens (tertiary/aromatic N) is 3. The molecule has 6 nitrogen and oxygen atoms in total. The van der Waals surface area contributed by atoms with Crippen molar-refractivity contribution in [2.75, 3.05) is 6.61 Å². The molecule has 0 bridgehead atoms. The second-order valence-electron chi connectivity index (χ2n) is 6.80. The molecule has 0 atom stereocenters. The van der Waals surface area contributed by atoms with Gasteiger partial charge in [0.2, 0.25) is 5.88 Å². The van der Waals surface area contributed by atoms with Crippen molar-refractivity contribution in [3.05, 3.63) is 88.3 Å². The van der Waals surface area contributed by atoms with Crippen LogP contribution in [0, 0.1) is 6.92 Å². The molecule has 2 aromatic heterocycles. The molecule has 0 spiro atoms. The fourth-order valence-electron chi connectivity index (χ4n) is 3.25. The van der Waals surface area contributed by atoms with Crippen LogP contribution in [0.25, 0.3) is 16.5 Å². The van der Waals surface area contributed by atoms with Crippen molar-refractivity contribution in [2.45, 2.75) is 13.8 Å². The summed E-state index contributed by atoms with van der Waals surface area (Å²) in [6, 6.07) is 17.9. The highest BCUT2D eigenvalue weighted by molar-refractivity contribution is 6.02. The van der Waals surface area contributed by atoms with E-state index in [9.17, 15) is 9.90 Å². The number of rotatable bonds is 5. The zero-order valence-electron chi connectivity index (χ0n) is 16.7. The maximum absolute atomic E-state index is 13.1. The van der Waals surface area contributed by atoms with Crippen LogP contribution in [0.1, 0.15) is 18.1 Å². The van der Waals surface area contributed by atoms with E-state index in [1.165, 1.54) is 4.57 Å². The molecule has 0 aliphatic rings. The Bertz CT molecular complexity index is 1270. The molecule has 0 aliphatic carbocycles. The minimum atomic E-state index is -0.308. The third-order valence-corrected chi connectivity index (χ3v) is 4.73. The Morgan fingerprint density at radius 2 is 1.80 bits per heavy atom. The first kappa shape index (κ1) is 19.4. The van der Waals surface area contributed by atoms with Crippen molar-refractivity contribution >= 4 is 22.8 Å². The lowest BCUT2D eigenvalue weighted by atomic mass is 10.1. The van der Waals surface area contributed by atoms with Gasteiger partial charge < -0.3 is 9.84 Å². The van der Waals surface area contributed by atoms with E-state index in [0.29, 0.717) is 40.2 Å². The van der Waals surface area contributed by atoms with E-state index in [1.54, 1.807) is 60.9 Å². The normalized spacial score (nSPS) is 11.3. The molecule has 30 heavy (non-hydrogen) atoms. The Kier molecular flexibility index (Phi) is 5.30. The molecule has 2 aromatic carbocycles. The highest BCUT2D eigenvalue weighted by atomic mass is 16.5. The fourth-order valence-corrected chi connectivity index (χ4v) is 3.25. The summed E-state index contributed by atoms with van der Waals surface area (Å²) in [5.41, 5.74) is 1.71. The summed E-state index contributed by atoms with van der Waals surface area (Å²) in [6.07, 6.45) is 3.27. The maximum atomic E-state index is 13.1. The molecular formula is C24H21N3O3. The van der Waals surface area contributed by atoms with Gasteiger partial charge >= 0.3 is 0 Å². The third-order valence-electron chi connectivity index (χ3n) is 4.73. The molecule has 4 rings (SSSR count). The fraction of sp³-hybridized carbons (Fsp3) is 0.125. The van der Waals surface area contributed by atoms with Crippen LogP contribution >= 0.6 is 0 Å². The summed E-state index contributed by atoms with van der Waals surface area (Å²) in [7, 11) is 0. The minimum Gasteiger partial charge on any atom is -0.494 e. The molecule has 0 unspecified atom stereocenters. The van der Waals surface area contributed by atoms with Crippen molar-refractivity contribution in [3.63, 3.8) is 0 Å². The number of fused-ring (bicyclic) bond motifs is 1. The number of pyridine rings is 2. The zero-order chi connectivity index (χ0) is 21.1. The van der Waals surface area contributed by atoms with E-state index in [-0.39, 0.29) is 11.4 Å². The van der Waals surface area contributed by atoms with Crippen LogP contribution in [0.2, 0.25) is 0 Å². The summed E-state index contributed by atoms with van der Waals surface area (Å²) < 4.78 is 6.75. The Labute approximate surface area is 173 Å². The minimum absolute atomic E-state index is 0.182. The summed E-state index contributed by atoms with van der Waals surface area (Å²) in [6.45, 7) is 4.41. The van der Waals surface area contributed by atoms with Gasteiger partial charge in [-0.1, -0.05) is 24.3 Å². The predicted molar refractivity (Wildman–Crippen MR) is 119 cm³/mol. The predicted octanol–water partition coefficient (Wildman–Crippen LogP) is 4.55. The second kappa shape index (κ2) is 8.21. The van der Waals surface area contributed by atoms with Crippen LogP contribution in [0.5, 0.6) is 11.6 Å². The van der Waals surface area contributed by atoms with Gasteiger partial charge in [0, 0.05) is 23.2 Å². The van der Waals surface area contributed by atoms with Crippen LogP contribution in [0.4, 0.5) is 5.82 Å². The first-order chi connectivity index (χ1) is 14.6. The van der Waals surface area contributed by atoms with Crippen LogP contribution in [0.15, 0.2) is 76.6 Å². The summed E-state index contributed by atoms with van der Waals surface area (Å²) in [5.74, 6) is 1.03. The molecule has 0 fully saturated rings. The lowest BCUT2D eigenvalue weighted by Gasteiger charge is -2.14. The standard InChI is InChI=1S/C24H21N3O3/c1-3-30-18-11-9-17(10-12-18)27-23(28)20-7-5-4-6-19(20)21(24(27)29)15-26-22-13-8-16(2)14-25-22/h4-15,29H,3H2,1-2H3. The van der Waals surface area contributed by atoms with Gasteiger partial charge in [0.15, 0.2) is 5.82 Å². The monoisotopic (exact) mass is 399 g/mol. The van der Waals surface area contributed by atoms with Crippen molar-refractivity contribution < 1.29 is 9.84 Å². The molecule has 0 aliphatic heterocycles. The number of aromatic hydroxyl groups is 1. The third kappa shape index (κ3) is 3.67. The number of aromatic nitrogens is 2. The van der Waals surface area contributed by atoms with E-state index in [2.05, 4.69) is 9.98 Å². The highest BCUT2D eigenvalue weighted by Crippen LogP contribution is 2.27. The van der Waals surface area contributed by atoms with Crippen molar-refractivity contribution in [1.29, 1.82) is 0 Å². The number of benzene rings is 2. The highest BCUT2D eigenvalue weighted by Gasteiger charge is 2.16. The maximum Gasteiger partial charge on any atom is 0.265 e. The van der Waals surface area contributed by atoms with Gasteiger partial charge in [0.25, 0.3) is 5.56 Å². The van der Waals surface area contributed by atoms with E-state index < -0.39 is 0 Å². The first-order valence-corrected chi connectivity index (χ1v) is 9.65. The van der Waals surface area contributed by atoms with Crippen molar-refractivity contribution in [2.24, 2.45) is 4.99 Å². The molecule has 1 N–H and O–H groups in total. The number of ether oxygens (including phenoxy) is 1. The van der Waals surface area contributed by atoms with Gasteiger partial charge in [-0.05, 0) is 55.8 Å². The molecule has 0 saturated heterocycles. The number of aryl methyl sites for hydroxylation is 1. The van der Waals surface area contributed by atoms with Crippen LogP contribution in [-0.2, 0) is 0 Å². The Morgan fingerprint density at radius 1 is 1.07 bits per heavy atom. The molecule has 2 heterocycles. The largest absolute Gasteiger partial charge is 0.494 e. The average Bonchev–Trinajstić information content (AvgIpc) is 2.76. The molecular weight excluding hydrogens is 378 g/mol. The van der Waals surface area contributed by atoms with E-state index in [0.717, 1.165) is 5.56 Å². The SMILES string of the molecule is CCOc1ccc(-n2c(O)c(C=Nc3ccc(C)cn3)c3ccccc3c2=O)cc1. The van der Waals surface area contributed by atoms with Gasteiger partial charge in [0.1, 0.15) is 5.75 Å². The van der Waals surface area contributed by atoms with Crippen LogP contribution < -0.4 is 10.3 Å². The molecule has 6 heteroatoms. The van der Waals surface area contributed by atoms with E-state index >= 15 is 0 Å². The summed E-state index contributed by atoms with van der Waals surface area (Å²) in [5, 5.41) is 12.1. The zero-order valence-corrected chi connectivity index (χ0v) is 16.7. The summed E-state index contributed by atoms with van der Waals surface area (Å²) >= 11 is 0. The van der Waals surface area contributed by atoms with Gasteiger partial charge in [-0.25, -0.2) is 14.5 Å². The van der Waals surface area contributed by atoms with Crippen LogP contribution in [-0.4, -0.2) is 27.5 Å². The van der Waals surface area contributed by atoms with Gasteiger partial charge in [0.05, 0.1) is 17.9 Å². The quantitative estimate of drug-likeness (QED) is 0.500. The number of hydrogen-bond donors (Lipinski definition) is 1. The van der Waals surface area contributed by atoms with Gasteiger partial charge in [-0.3, -0.25) is 4.79 Å². The van der Waals surface area contributed by atoms with E-state index in [4.69, 9.17) is 4.74 Å². The lowest BCUT2D eigenvalue weighted by Crippen LogP contribution is -2.20. The molecule has 0 radical (unpaired) electrons. The molecule has 0 saturated carbocycles. The Balaban J connectivity index is 1.89. The Morgan fingerprint density at radius 3 is 2.47 bits per heavy atom. The Hall–Kier alpha value is -3.93. The van der Waals surface area contributed by atoms with Gasteiger partial charge in [-0.2, -0.15) is 0 Å². The summed E-state index contributed by atoms with van der Waals surface area (Å²) in [4.78, 5) is 21.8. The topological polar surface area (TPSA) is 76.7 Å². The number of aliphatic imine (C=N–C) groups is 1. The van der Waals surface area contributed by atoms with Gasteiger partial charge in [-0.15, -0.1) is 0 Å². The van der Waals surface area contributed by atoms with Crippen molar-refractivity contribution in [1.82, 2.24) is 9.55 Å². The van der Waals surface area contributed by atoms with Crippen molar-refractivity contribution in [3.8, 4) is 17.3 Å². The molecule has 0 amide bonds.